The van der Waals surface area contributed by atoms with Gasteiger partial charge in [0.25, 0.3) is 0 Å². The van der Waals surface area contributed by atoms with Crippen LogP contribution < -0.4 is 21.7 Å². The first-order valence-electron chi connectivity index (χ1n) is 6.91. The third kappa shape index (κ3) is 8.61. The summed E-state index contributed by atoms with van der Waals surface area (Å²) in [6.07, 6.45) is 0.750. The van der Waals surface area contributed by atoms with Crippen LogP contribution in [0, 0.1) is 0 Å². The molecular weight excluding hydrogens is 294 g/mol. The third-order valence-electron chi connectivity index (χ3n) is 2.40. The molecule has 0 fully saturated rings. The summed E-state index contributed by atoms with van der Waals surface area (Å²) in [6, 6.07) is 18.4. The molecule has 23 heavy (non-hydrogen) atoms. The van der Waals surface area contributed by atoms with Gasteiger partial charge in [0.2, 0.25) is 6.41 Å². The predicted octanol–water partition coefficient (Wildman–Crippen LogP) is 2.04. The molecule has 0 atom stereocenters. The summed E-state index contributed by atoms with van der Waals surface area (Å²) in [5.74, 6) is 0. The minimum Gasteiger partial charge on any atom is -0.351 e. The largest absolute Gasteiger partial charge is 0.352 e. The molecule has 0 aromatic heterocycles. The van der Waals surface area contributed by atoms with E-state index in [0.717, 1.165) is 17.8 Å². The number of hydrazine groups is 2. The number of urea groups is 1. The fourth-order valence-electron chi connectivity index (χ4n) is 1.33. The number of anilines is 2. The van der Waals surface area contributed by atoms with Gasteiger partial charge in [-0.25, -0.2) is 4.79 Å². The van der Waals surface area contributed by atoms with Crippen LogP contribution in [0.3, 0.4) is 0 Å². The number of amides is 3. The highest BCUT2D eigenvalue weighted by Crippen LogP contribution is 2.03. The van der Waals surface area contributed by atoms with Crippen molar-refractivity contribution in [3.05, 3.63) is 60.7 Å². The fraction of sp³-hybridized carbons (Fsp3) is 0.125. The lowest BCUT2D eigenvalue weighted by molar-refractivity contribution is -0.115. The second-order valence-electron chi connectivity index (χ2n) is 4.63. The average molecular weight is 315 g/mol. The van der Waals surface area contributed by atoms with E-state index in [1.54, 1.807) is 14.1 Å². The Bertz CT molecular complexity index is 530. The van der Waals surface area contributed by atoms with Crippen molar-refractivity contribution in [3.8, 4) is 0 Å². The highest BCUT2D eigenvalue weighted by atomic mass is 16.2. The minimum atomic E-state index is -0.372. The van der Waals surface area contributed by atoms with Gasteiger partial charge >= 0.3 is 6.03 Å². The summed E-state index contributed by atoms with van der Waals surface area (Å²) in [6.45, 7) is 0. The zero-order chi connectivity index (χ0) is 16.9. The van der Waals surface area contributed by atoms with E-state index in [2.05, 4.69) is 21.7 Å². The lowest BCUT2D eigenvalue weighted by Crippen LogP contribution is -2.41. The van der Waals surface area contributed by atoms with E-state index in [0.29, 0.717) is 0 Å². The summed E-state index contributed by atoms with van der Waals surface area (Å²) in [5.41, 5.74) is 12.2. The van der Waals surface area contributed by atoms with Crippen LogP contribution in [-0.4, -0.2) is 31.4 Å². The molecule has 7 heteroatoms. The van der Waals surface area contributed by atoms with Gasteiger partial charge in [-0.05, 0) is 24.3 Å². The van der Waals surface area contributed by atoms with Crippen LogP contribution >= 0.6 is 0 Å². The summed E-state index contributed by atoms with van der Waals surface area (Å²) in [4.78, 5) is 22.3. The Balaban J connectivity index is 0.000000463. The van der Waals surface area contributed by atoms with Gasteiger partial charge in [-0.15, -0.1) is 0 Å². The van der Waals surface area contributed by atoms with E-state index in [1.165, 1.54) is 4.90 Å². The highest BCUT2D eigenvalue weighted by molar-refractivity contribution is 5.76. The number of nitrogens with zero attached hydrogens (tertiary/aromatic N) is 1. The van der Waals surface area contributed by atoms with Crippen molar-refractivity contribution in [2.24, 2.45) is 0 Å². The Labute approximate surface area is 135 Å². The van der Waals surface area contributed by atoms with Crippen molar-refractivity contribution >= 4 is 23.8 Å². The SMILES string of the molecule is CN(C)C=O.O=C(NNc1ccccc1)NNc1ccccc1. The van der Waals surface area contributed by atoms with Crippen molar-refractivity contribution < 1.29 is 9.59 Å². The minimum absolute atomic E-state index is 0.372. The monoisotopic (exact) mass is 315 g/mol. The molecule has 2 aromatic rings. The number of hydrogen-bond donors (Lipinski definition) is 4. The van der Waals surface area contributed by atoms with Gasteiger partial charge in [0, 0.05) is 14.1 Å². The number of hydrogen-bond acceptors (Lipinski definition) is 4. The molecule has 0 heterocycles. The van der Waals surface area contributed by atoms with Crippen molar-refractivity contribution in [1.82, 2.24) is 15.8 Å². The van der Waals surface area contributed by atoms with E-state index in [-0.39, 0.29) is 6.03 Å². The van der Waals surface area contributed by atoms with Crippen molar-refractivity contribution in [3.63, 3.8) is 0 Å². The summed E-state index contributed by atoms with van der Waals surface area (Å²) >= 11 is 0. The van der Waals surface area contributed by atoms with Crippen LogP contribution in [-0.2, 0) is 4.79 Å². The zero-order valence-electron chi connectivity index (χ0n) is 13.1. The normalized spacial score (nSPS) is 8.78. The first-order valence-corrected chi connectivity index (χ1v) is 6.91. The van der Waals surface area contributed by atoms with Crippen LogP contribution in [0.15, 0.2) is 60.7 Å². The maximum Gasteiger partial charge on any atom is 0.352 e. The maximum atomic E-state index is 11.4. The fourth-order valence-corrected chi connectivity index (χ4v) is 1.33. The summed E-state index contributed by atoms with van der Waals surface area (Å²) < 4.78 is 0. The second-order valence-corrected chi connectivity index (χ2v) is 4.63. The number of benzene rings is 2. The highest BCUT2D eigenvalue weighted by Gasteiger charge is 1.98. The Morgan fingerprint density at radius 1 is 0.826 bits per heavy atom. The number of para-hydroxylation sites is 2. The third-order valence-corrected chi connectivity index (χ3v) is 2.40. The van der Waals surface area contributed by atoms with Gasteiger partial charge < -0.3 is 4.90 Å². The molecule has 3 amide bonds. The van der Waals surface area contributed by atoms with Gasteiger partial charge in [0.1, 0.15) is 0 Å². The number of rotatable bonds is 5. The molecular formula is C16H21N5O2. The molecule has 2 aromatic carbocycles. The molecule has 0 saturated carbocycles. The Morgan fingerprint density at radius 3 is 1.48 bits per heavy atom. The van der Waals surface area contributed by atoms with Crippen LogP contribution in [0.25, 0.3) is 0 Å². The molecule has 0 spiro atoms. The van der Waals surface area contributed by atoms with E-state index < -0.39 is 0 Å². The zero-order valence-corrected chi connectivity index (χ0v) is 13.1. The molecule has 4 N–H and O–H groups in total. The first-order chi connectivity index (χ1) is 11.1. The molecule has 0 aliphatic carbocycles. The standard InChI is InChI=1S/C13H14N4O.C3H7NO/c18-13(16-14-11-7-3-1-4-8-11)17-15-12-9-5-2-6-10-12;1-4(2)3-5/h1-10,14-15H,(H2,16,17,18);3H,1-2H3. The lowest BCUT2D eigenvalue weighted by atomic mass is 10.3. The van der Waals surface area contributed by atoms with Crippen LogP contribution in [0.1, 0.15) is 0 Å². The van der Waals surface area contributed by atoms with Gasteiger partial charge in [0.05, 0.1) is 11.4 Å². The Hall–Kier alpha value is -3.22. The molecule has 0 radical (unpaired) electrons. The Kier molecular flexibility index (Phi) is 8.14. The van der Waals surface area contributed by atoms with Crippen LogP contribution in [0.5, 0.6) is 0 Å². The Morgan fingerprint density at radius 2 is 1.17 bits per heavy atom. The summed E-state index contributed by atoms with van der Waals surface area (Å²) in [7, 11) is 3.38. The topological polar surface area (TPSA) is 85.5 Å². The van der Waals surface area contributed by atoms with Crippen LogP contribution in [0.2, 0.25) is 0 Å². The second kappa shape index (κ2) is 10.5. The molecule has 7 nitrogen and oxygen atoms in total. The van der Waals surface area contributed by atoms with Gasteiger partial charge in [-0.2, -0.15) is 0 Å². The molecule has 0 aliphatic heterocycles. The first kappa shape index (κ1) is 17.8. The van der Waals surface area contributed by atoms with Gasteiger partial charge in [-0.1, -0.05) is 36.4 Å². The van der Waals surface area contributed by atoms with Crippen molar-refractivity contribution in [2.45, 2.75) is 0 Å². The van der Waals surface area contributed by atoms with Crippen molar-refractivity contribution in [2.75, 3.05) is 24.9 Å². The van der Waals surface area contributed by atoms with E-state index in [4.69, 9.17) is 0 Å². The number of nitrogens with one attached hydrogen (secondary N) is 4. The smallest absolute Gasteiger partial charge is 0.351 e. The summed E-state index contributed by atoms with van der Waals surface area (Å²) in [5, 5.41) is 0. The molecule has 0 saturated heterocycles. The maximum absolute atomic E-state index is 11.4. The molecule has 2 rings (SSSR count). The van der Waals surface area contributed by atoms with E-state index >= 15 is 0 Å². The van der Waals surface area contributed by atoms with E-state index in [1.807, 2.05) is 60.7 Å². The van der Waals surface area contributed by atoms with Crippen LogP contribution in [0.4, 0.5) is 16.2 Å². The van der Waals surface area contributed by atoms with Gasteiger partial charge in [0.15, 0.2) is 0 Å². The number of carbonyl (C=O) groups is 2. The molecule has 122 valence electrons. The molecule has 0 unspecified atom stereocenters. The average Bonchev–Trinajstić information content (AvgIpc) is 2.60. The van der Waals surface area contributed by atoms with Gasteiger partial charge in [-0.3, -0.25) is 26.5 Å². The van der Waals surface area contributed by atoms with E-state index in [9.17, 15) is 9.59 Å². The quantitative estimate of drug-likeness (QED) is 0.502. The number of carbonyl (C=O) groups excluding carboxylic acids is 2. The molecule has 0 aliphatic rings. The van der Waals surface area contributed by atoms with Crippen molar-refractivity contribution in [1.29, 1.82) is 0 Å². The predicted molar refractivity (Wildman–Crippen MR) is 91.5 cm³/mol. The molecule has 0 bridgehead atoms. The lowest BCUT2D eigenvalue weighted by Gasteiger charge is -2.11.